The summed E-state index contributed by atoms with van der Waals surface area (Å²) in [6, 6.07) is 0. The van der Waals surface area contributed by atoms with Gasteiger partial charge >= 0.3 is 0 Å². The van der Waals surface area contributed by atoms with E-state index in [0.29, 0.717) is 0 Å². The van der Waals surface area contributed by atoms with Gasteiger partial charge in [0.25, 0.3) is 0 Å². The van der Waals surface area contributed by atoms with Gasteiger partial charge in [-0.15, -0.1) is 0 Å². The highest BCUT2D eigenvalue weighted by atomic mass is 15.3. The Morgan fingerprint density at radius 2 is 1.92 bits per heavy atom. The Morgan fingerprint density at radius 3 is 2.38 bits per heavy atom. The quantitative estimate of drug-likeness (QED) is 0.462. The SMILES string of the molecule is C[N+](C)(C)CCC1CC2C=CC1C2. The van der Waals surface area contributed by atoms with Crippen LogP contribution >= 0.6 is 0 Å². The van der Waals surface area contributed by atoms with Crippen molar-refractivity contribution in [2.75, 3.05) is 27.7 Å². The highest BCUT2D eigenvalue weighted by Crippen LogP contribution is 2.44. The van der Waals surface area contributed by atoms with Gasteiger partial charge in [-0.2, -0.15) is 0 Å². The molecule has 3 atom stereocenters. The van der Waals surface area contributed by atoms with Gasteiger partial charge in [0.1, 0.15) is 0 Å². The Hall–Kier alpha value is -0.300. The Bertz CT molecular complexity index is 212. The lowest BCUT2D eigenvalue weighted by Gasteiger charge is -2.27. The summed E-state index contributed by atoms with van der Waals surface area (Å²) in [5, 5.41) is 0. The minimum absolute atomic E-state index is 0.941. The molecule has 74 valence electrons. The summed E-state index contributed by atoms with van der Waals surface area (Å²) in [6.45, 7) is 1.34. The van der Waals surface area contributed by atoms with Gasteiger partial charge in [-0.05, 0) is 37.0 Å². The second-order valence-electron chi connectivity index (χ2n) is 5.84. The second-order valence-corrected chi connectivity index (χ2v) is 5.84. The van der Waals surface area contributed by atoms with E-state index in [1.54, 1.807) is 0 Å². The topological polar surface area (TPSA) is 0 Å². The molecule has 0 aromatic rings. The van der Waals surface area contributed by atoms with Crippen LogP contribution in [-0.4, -0.2) is 32.2 Å². The Morgan fingerprint density at radius 1 is 1.15 bits per heavy atom. The van der Waals surface area contributed by atoms with Gasteiger partial charge in [-0.1, -0.05) is 12.2 Å². The van der Waals surface area contributed by atoms with Crippen LogP contribution < -0.4 is 0 Å². The molecule has 13 heavy (non-hydrogen) atoms. The van der Waals surface area contributed by atoms with Crippen LogP contribution in [0.4, 0.5) is 0 Å². The van der Waals surface area contributed by atoms with E-state index in [2.05, 4.69) is 33.3 Å². The Kier molecular flexibility index (Phi) is 2.23. The summed E-state index contributed by atoms with van der Waals surface area (Å²) in [7, 11) is 6.88. The van der Waals surface area contributed by atoms with Gasteiger partial charge in [0.05, 0.1) is 27.7 Å². The van der Waals surface area contributed by atoms with E-state index < -0.39 is 0 Å². The van der Waals surface area contributed by atoms with Crippen LogP contribution in [0.5, 0.6) is 0 Å². The first-order valence-corrected chi connectivity index (χ1v) is 5.53. The smallest absolute Gasteiger partial charge is 0.0783 e. The predicted octanol–water partition coefficient (Wildman–Crippen LogP) is 2.29. The molecule has 2 bridgehead atoms. The van der Waals surface area contributed by atoms with Crippen molar-refractivity contribution in [1.82, 2.24) is 0 Å². The number of allylic oxidation sites excluding steroid dienone is 2. The molecule has 2 rings (SSSR count). The summed E-state index contributed by atoms with van der Waals surface area (Å²) >= 11 is 0. The Balaban J connectivity index is 1.81. The van der Waals surface area contributed by atoms with Crippen molar-refractivity contribution >= 4 is 0 Å². The van der Waals surface area contributed by atoms with E-state index in [4.69, 9.17) is 0 Å². The molecule has 1 nitrogen and oxygen atoms in total. The van der Waals surface area contributed by atoms with E-state index >= 15 is 0 Å². The molecule has 3 unspecified atom stereocenters. The minimum Gasteiger partial charge on any atom is -0.331 e. The van der Waals surface area contributed by atoms with Crippen LogP contribution in [0.15, 0.2) is 12.2 Å². The molecular formula is C12H22N+. The van der Waals surface area contributed by atoms with Gasteiger partial charge < -0.3 is 4.48 Å². The monoisotopic (exact) mass is 180 g/mol. The summed E-state index contributed by atoms with van der Waals surface area (Å²) < 4.78 is 1.12. The standard InChI is InChI=1S/C12H22N/c1-13(2,3)7-6-12-9-10-4-5-11(12)8-10/h4-5,10-12H,6-9H2,1-3H3/q+1. The maximum atomic E-state index is 2.47. The van der Waals surface area contributed by atoms with Crippen molar-refractivity contribution in [3.8, 4) is 0 Å². The molecule has 1 fully saturated rings. The second kappa shape index (κ2) is 3.13. The zero-order valence-corrected chi connectivity index (χ0v) is 9.16. The molecule has 0 heterocycles. The van der Waals surface area contributed by atoms with E-state index in [1.807, 2.05) is 0 Å². The summed E-state index contributed by atoms with van der Waals surface area (Å²) in [6.07, 6.45) is 9.26. The van der Waals surface area contributed by atoms with Crippen molar-refractivity contribution in [3.05, 3.63) is 12.2 Å². The number of hydrogen-bond acceptors (Lipinski definition) is 0. The largest absolute Gasteiger partial charge is 0.331 e. The van der Waals surface area contributed by atoms with Gasteiger partial charge in [-0.25, -0.2) is 0 Å². The lowest BCUT2D eigenvalue weighted by molar-refractivity contribution is -0.871. The predicted molar refractivity (Wildman–Crippen MR) is 56.4 cm³/mol. The van der Waals surface area contributed by atoms with Gasteiger partial charge in [0.2, 0.25) is 0 Å². The van der Waals surface area contributed by atoms with E-state index in [0.717, 1.165) is 22.2 Å². The van der Waals surface area contributed by atoms with Gasteiger partial charge in [0, 0.05) is 0 Å². The number of hydrogen-bond donors (Lipinski definition) is 0. The molecule has 2 aliphatic carbocycles. The lowest BCUT2D eigenvalue weighted by Crippen LogP contribution is -2.36. The molecule has 0 aromatic heterocycles. The lowest BCUT2D eigenvalue weighted by atomic mass is 9.90. The molecule has 0 radical (unpaired) electrons. The van der Waals surface area contributed by atoms with Gasteiger partial charge in [0.15, 0.2) is 0 Å². The van der Waals surface area contributed by atoms with E-state index in [9.17, 15) is 0 Å². The maximum absolute atomic E-state index is 2.47. The number of nitrogens with zero attached hydrogens (tertiary/aromatic N) is 1. The average Bonchev–Trinajstić information content (AvgIpc) is 2.58. The first-order chi connectivity index (χ1) is 6.04. The molecule has 0 spiro atoms. The third kappa shape index (κ3) is 2.14. The third-order valence-corrected chi connectivity index (χ3v) is 3.59. The molecule has 2 aliphatic rings. The van der Waals surface area contributed by atoms with Gasteiger partial charge in [-0.3, -0.25) is 0 Å². The Labute approximate surface area is 82.0 Å². The van der Waals surface area contributed by atoms with Crippen LogP contribution in [0.25, 0.3) is 0 Å². The fourth-order valence-electron chi connectivity index (χ4n) is 2.78. The van der Waals surface area contributed by atoms with E-state index in [-0.39, 0.29) is 0 Å². The molecule has 1 saturated carbocycles. The first kappa shape index (κ1) is 9.26. The maximum Gasteiger partial charge on any atom is 0.0783 e. The number of quaternary nitrogens is 1. The highest BCUT2D eigenvalue weighted by molar-refractivity contribution is 5.09. The van der Waals surface area contributed by atoms with Crippen molar-refractivity contribution in [3.63, 3.8) is 0 Å². The summed E-state index contributed by atoms with van der Waals surface area (Å²) in [5.41, 5.74) is 0. The summed E-state index contributed by atoms with van der Waals surface area (Å²) in [4.78, 5) is 0. The molecule has 0 aliphatic heterocycles. The number of rotatable bonds is 3. The van der Waals surface area contributed by atoms with Crippen molar-refractivity contribution in [2.45, 2.75) is 19.3 Å². The van der Waals surface area contributed by atoms with Crippen molar-refractivity contribution in [1.29, 1.82) is 0 Å². The fourth-order valence-corrected chi connectivity index (χ4v) is 2.78. The zero-order valence-electron chi connectivity index (χ0n) is 9.16. The van der Waals surface area contributed by atoms with Crippen LogP contribution in [0.1, 0.15) is 19.3 Å². The normalized spacial score (nSPS) is 37.3. The van der Waals surface area contributed by atoms with Crippen LogP contribution in [0.2, 0.25) is 0 Å². The van der Waals surface area contributed by atoms with Crippen LogP contribution in [-0.2, 0) is 0 Å². The third-order valence-electron chi connectivity index (χ3n) is 3.59. The zero-order chi connectivity index (χ0) is 9.47. The average molecular weight is 180 g/mol. The highest BCUT2D eigenvalue weighted by Gasteiger charge is 2.35. The van der Waals surface area contributed by atoms with E-state index in [1.165, 1.54) is 25.8 Å². The van der Waals surface area contributed by atoms with Crippen LogP contribution in [0.3, 0.4) is 0 Å². The molecule has 0 saturated heterocycles. The first-order valence-electron chi connectivity index (χ1n) is 5.53. The molecule has 1 heteroatoms. The van der Waals surface area contributed by atoms with Crippen LogP contribution in [0, 0.1) is 17.8 Å². The molecular weight excluding hydrogens is 158 g/mol. The van der Waals surface area contributed by atoms with Crippen molar-refractivity contribution < 1.29 is 4.48 Å². The number of fused-ring (bicyclic) bond motifs is 2. The summed E-state index contributed by atoms with van der Waals surface area (Å²) in [5.74, 6) is 2.89. The fraction of sp³-hybridized carbons (Fsp3) is 0.833. The molecule has 0 aromatic carbocycles. The van der Waals surface area contributed by atoms with Crippen molar-refractivity contribution in [2.24, 2.45) is 17.8 Å². The molecule has 0 amide bonds. The minimum atomic E-state index is 0.941. The molecule has 0 N–H and O–H groups in total.